The van der Waals surface area contributed by atoms with Crippen LogP contribution in [0.1, 0.15) is 11.1 Å². The van der Waals surface area contributed by atoms with Crippen LogP contribution < -0.4 is 10.9 Å². The minimum absolute atomic E-state index is 0.0325. The molecule has 7 nitrogen and oxygen atoms in total. The Labute approximate surface area is 179 Å². The number of nitrogens with zero attached hydrogens (tertiary/aromatic N) is 4. The number of halogens is 2. The van der Waals surface area contributed by atoms with Crippen LogP contribution in [0.3, 0.4) is 0 Å². The molecule has 32 heavy (non-hydrogen) atoms. The van der Waals surface area contributed by atoms with E-state index in [1.165, 1.54) is 6.07 Å². The molecule has 2 N–H and O–H groups in total. The minimum atomic E-state index is -0.795. The molecule has 0 saturated carbocycles. The Morgan fingerprint density at radius 3 is 2.59 bits per heavy atom. The van der Waals surface area contributed by atoms with Crippen molar-refractivity contribution in [3.05, 3.63) is 93.8 Å². The quantitative estimate of drug-likeness (QED) is 0.451. The van der Waals surface area contributed by atoms with Crippen LogP contribution >= 0.6 is 0 Å². The van der Waals surface area contributed by atoms with Gasteiger partial charge in [0.25, 0.3) is 11.3 Å². The summed E-state index contributed by atoms with van der Waals surface area (Å²) in [4.78, 5) is 21.5. The van der Waals surface area contributed by atoms with Crippen LogP contribution in [-0.2, 0) is 6.54 Å². The highest BCUT2D eigenvalue weighted by Gasteiger charge is 2.14. The number of H-pyrrole nitrogens is 1. The molecule has 5 aromatic rings. The maximum atomic E-state index is 14.1. The summed E-state index contributed by atoms with van der Waals surface area (Å²) in [6, 6.07) is 17.6. The van der Waals surface area contributed by atoms with Gasteiger partial charge in [0, 0.05) is 18.3 Å². The molecule has 0 saturated heterocycles. The second-order valence-corrected chi connectivity index (χ2v) is 7.14. The van der Waals surface area contributed by atoms with Crippen LogP contribution in [0.2, 0.25) is 0 Å². The number of anilines is 1. The summed E-state index contributed by atoms with van der Waals surface area (Å²) in [5.74, 6) is -1.35. The van der Waals surface area contributed by atoms with Gasteiger partial charge in [0.05, 0.1) is 28.1 Å². The molecule has 0 aliphatic carbocycles. The zero-order chi connectivity index (χ0) is 22.2. The largest absolute Gasteiger partial charge is 0.381 e. The predicted molar refractivity (Wildman–Crippen MR) is 115 cm³/mol. The summed E-state index contributed by atoms with van der Waals surface area (Å²) in [5.41, 5.74) is 2.41. The molecule has 0 unspecified atom stereocenters. The maximum Gasteiger partial charge on any atom is 0.281 e. The number of aromatic amines is 1. The van der Waals surface area contributed by atoms with Crippen LogP contribution in [0.25, 0.3) is 28.1 Å². The molecule has 0 aliphatic rings. The molecule has 0 amide bonds. The zero-order valence-electron chi connectivity index (χ0n) is 16.4. The van der Waals surface area contributed by atoms with Crippen LogP contribution in [0, 0.1) is 23.0 Å². The number of hydrogen-bond donors (Lipinski definition) is 2. The third-order valence-corrected chi connectivity index (χ3v) is 5.05. The summed E-state index contributed by atoms with van der Waals surface area (Å²) >= 11 is 0. The number of rotatable bonds is 4. The number of nitriles is 1. The Hall–Kier alpha value is -4.58. The van der Waals surface area contributed by atoms with Crippen LogP contribution in [0.4, 0.5) is 14.5 Å². The minimum Gasteiger partial charge on any atom is -0.381 e. The average molecular weight is 428 g/mol. The summed E-state index contributed by atoms with van der Waals surface area (Å²) in [6.45, 7) is 0.523. The van der Waals surface area contributed by atoms with Crippen molar-refractivity contribution in [3.63, 3.8) is 0 Å². The van der Waals surface area contributed by atoms with E-state index in [9.17, 15) is 13.6 Å². The Bertz CT molecular complexity index is 1580. The Morgan fingerprint density at radius 2 is 1.84 bits per heavy atom. The number of benzene rings is 3. The molecule has 156 valence electrons. The Morgan fingerprint density at radius 1 is 1.03 bits per heavy atom. The smallest absolute Gasteiger partial charge is 0.281 e. The fourth-order valence-corrected chi connectivity index (χ4v) is 3.39. The predicted octanol–water partition coefficient (Wildman–Crippen LogP) is 4.00. The van der Waals surface area contributed by atoms with Gasteiger partial charge in [-0.2, -0.15) is 14.8 Å². The van der Waals surface area contributed by atoms with E-state index >= 15 is 0 Å². The molecule has 9 heteroatoms. The van der Waals surface area contributed by atoms with Crippen molar-refractivity contribution in [1.29, 1.82) is 5.26 Å². The van der Waals surface area contributed by atoms with Crippen molar-refractivity contribution in [2.75, 3.05) is 5.32 Å². The highest BCUT2D eigenvalue weighted by Crippen LogP contribution is 2.22. The first-order chi connectivity index (χ1) is 15.5. The zero-order valence-corrected chi connectivity index (χ0v) is 16.4. The van der Waals surface area contributed by atoms with Gasteiger partial charge in [-0.15, -0.1) is 0 Å². The fraction of sp³-hybridized carbons (Fsp3) is 0.0435. The molecule has 3 aromatic carbocycles. The first kappa shape index (κ1) is 19.4. The second-order valence-electron chi connectivity index (χ2n) is 7.14. The summed E-state index contributed by atoms with van der Waals surface area (Å²) < 4.78 is 28.5. The highest BCUT2D eigenvalue weighted by atomic mass is 19.1. The normalized spacial score (nSPS) is 11.0. The molecule has 0 spiro atoms. The molecule has 0 atom stereocenters. The SMILES string of the molecule is N#Cc1ccc(CNc2ccc3c(=O)n4[nH]c(-c5ccc(F)cc5F)nc4nc3c2)cc1. The molecule has 5 rings (SSSR count). The molecule has 0 radical (unpaired) electrons. The van der Waals surface area contributed by atoms with Crippen LogP contribution in [0.15, 0.2) is 65.5 Å². The van der Waals surface area contributed by atoms with Crippen molar-refractivity contribution in [1.82, 2.24) is 19.6 Å². The van der Waals surface area contributed by atoms with E-state index in [0.29, 0.717) is 23.0 Å². The van der Waals surface area contributed by atoms with Crippen LogP contribution in [-0.4, -0.2) is 19.6 Å². The third kappa shape index (κ3) is 3.44. The van der Waals surface area contributed by atoms with Gasteiger partial charge in [0.1, 0.15) is 11.6 Å². The third-order valence-electron chi connectivity index (χ3n) is 5.05. The molecular weight excluding hydrogens is 414 g/mol. The van der Waals surface area contributed by atoms with Gasteiger partial charge in [0.2, 0.25) is 0 Å². The van der Waals surface area contributed by atoms with Gasteiger partial charge < -0.3 is 5.32 Å². The molecule has 0 aliphatic heterocycles. The van der Waals surface area contributed by atoms with Gasteiger partial charge in [0.15, 0.2) is 5.82 Å². The monoisotopic (exact) mass is 428 g/mol. The van der Waals surface area contributed by atoms with Gasteiger partial charge >= 0.3 is 0 Å². The van der Waals surface area contributed by atoms with Gasteiger partial charge in [-0.25, -0.2) is 13.8 Å². The van der Waals surface area contributed by atoms with E-state index in [-0.39, 0.29) is 22.7 Å². The van der Waals surface area contributed by atoms with Crippen molar-refractivity contribution in [3.8, 4) is 17.5 Å². The molecule has 2 aromatic heterocycles. The summed E-state index contributed by atoms with van der Waals surface area (Å²) in [5, 5.41) is 15.2. The van der Waals surface area contributed by atoms with Gasteiger partial charge in [-0.3, -0.25) is 9.89 Å². The van der Waals surface area contributed by atoms with E-state index in [1.807, 2.05) is 12.1 Å². The molecular formula is C23H14F2N6O. The molecule has 0 bridgehead atoms. The number of fused-ring (bicyclic) bond motifs is 2. The van der Waals surface area contributed by atoms with E-state index in [1.54, 1.807) is 30.3 Å². The van der Waals surface area contributed by atoms with Crippen molar-refractivity contribution < 1.29 is 8.78 Å². The Balaban J connectivity index is 1.49. The van der Waals surface area contributed by atoms with E-state index in [2.05, 4.69) is 26.5 Å². The maximum absolute atomic E-state index is 14.1. The van der Waals surface area contributed by atoms with E-state index in [0.717, 1.165) is 27.9 Å². The van der Waals surface area contributed by atoms with Crippen molar-refractivity contribution in [2.24, 2.45) is 0 Å². The lowest BCUT2D eigenvalue weighted by molar-refractivity contribution is 0.585. The van der Waals surface area contributed by atoms with Crippen molar-refractivity contribution in [2.45, 2.75) is 6.54 Å². The topological polar surface area (TPSA) is 98.9 Å². The second kappa shape index (κ2) is 7.59. The Kier molecular flexibility index (Phi) is 4.60. The van der Waals surface area contributed by atoms with E-state index < -0.39 is 11.6 Å². The standard InChI is InChI=1S/C23H14F2N6O/c24-15-5-7-17(19(25)9-15)21-29-23-28-20-10-16(6-8-18(20)22(32)31(23)30-21)27-12-14-3-1-13(11-26)2-4-14/h1-10,27H,12H2,(H,28,29,30). The number of hydrogen-bond acceptors (Lipinski definition) is 5. The highest BCUT2D eigenvalue weighted by molar-refractivity contribution is 5.82. The fourth-order valence-electron chi connectivity index (χ4n) is 3.39. The molecule has 0 fully saturated rings. The lowest BCUT2D eigenvalue weighted by Gasteiger charge is -2.07. The lowest BCUT2D eigenvalue weighted by Crippen LogP contribution is -2.15. The number of aromatic nitrogens is 4. The first-order valence-electron chi connectivity index (χ1n) is 9.63. The summed E-state index contributed by atoms with van der Waals surface area (Å²) in [6.07, 6.45) is 0. The molecule has 2 heterocycles. The van der Waals surface area contributed by atoms with E-state index in [4.69, 9.17) is 5.26 Å². The van der Waals surface area contributed by atoms with Crippen molar-refractivity contribution >= 4 is 22.4 Å². The van der Waals surface area contributed by atoms with Gasteiger partial charge in [-0.1, -0.05) is 12.1 Å². The first-order valence-corrected chi connectivity index (χ1v) is 9.63. The van der Waals surface area contributed by atoms with Gasteiger partial charge in [-0.05, 0) is 48.0 Å². The van der Waals surface area contributed by atoms with Crippen LogP contribution in [0.5, 0.6) is 0 Å². The lowest BCUT2D eigenvalue weighted by atomic mass is 10.1. The average Bonchev–Trinajstić information content (AvgIpc) is 3.22. The summed E-state index contributed by atoms with van der Waals surface area (Å²) in [7, 11) is 0. The number of nitrogens with one attached hydrogen (secondary N) is 2.